The molecule has 0 saturated heterocycles. The van der Waals surface area contributed by atoms with Crippen LogP contribution in [0.4, 0.5) is 22.0 Å². The van der Waals surface area contributed by atoms with E-state index < -0.39 is 34.4 Å². The quantitative estimate of drug-likeness (QED) is 0.193. The van der Waals surface area contributed by atoms with Gasteiger partial charge in [-0.2, -0.15) is 13.2 Å². The van der Waals surface area contributed by atoms with Crippen molar-refractivity contribution >= 4 is 21.8 Å². The summed E-state index contributed by atoms with van der Waals surface area (Å²) in [5, 5.41) is 1.51. The first kappa shape index (κ1) is 24.6. The number of aromatic nitrogens is 1. The van der Waals surface area contributed by atoms with Gasteiger partial charge in [-0.25, -0.2) is 8.78 Å². The van der Waals surface area contributed by atoms with Crippen LogP contribution in [0.5, 0.6) is 0 Å². The third kappa shape index (κ3) is 3.32. The summed E-state index contributed by atoms with van der Waals surface area (Å²) in [5.41, 5.74) is 2.94. The predicted molar refractivity (Wildman–Crippen MR) is 149 cm³/mol. The molecule has 0 aliphatic heterocycles. The van der Waals surface area contributed by atoms with Crippen molar-refractivity contribution in [3.63, 3.8) is 0 Å². The number of para-hydroxylation sites is 2. The van der Waals surface area contributed by atoms with E-state index in [2.05, 4.69) is 26.0 Å². The second kappa shape index (κ2) is 8.28. The lowest BCUT2D eigenvalue weighted by Crippen LogP contribution is -2.15. The first-order valence-corrected chi connectivity index (χ1v) is 12.9. The van der Waals surface area contributed by atoms with Crippen molar-refractivity contribution in [2.24, 2.45) is 0 Å². The Labute approximate surface area is 227 Å². The Balaban J connectivity index is 1.67. The molecule has 1 nitrogen and oxygen atoms in total. The molecule has 0 bridgehead atoms. The molecule has 0 radical (unpaired) electrons. The van der Waals surface area contributed by atoms with E-state index in [1.165, 1.54) is 22.8 Å². The molecule has 6 heteroatoms. The van der Waals surface area contributed by atoms with Crippen molar-refractivity contribution in [2.45, 2.75) is 25.4 Å². The smallest absolute Gasteiger partial charge is 0.308 e. The van der Waals surface area contributed by atoms with Crippen LogP contribution in [0.15, 0.2) is 97.1 Å². The summed E-state index contributed by atoms with van der Waals surface area (Å²) >= 11 is 0. The highest BCUT2D eigenvalue weighted by atomic mass is 19.4. The van der Waals surface area contributed by atoms with Gasteiger partial charge in [-0.3, -0.25) is 0 Å². The van der Waals surface area contributed by atoms with Crippen molar-refractivity contribution < 1.29 is 22.0 Å². The second-order valence-electron chi connectivity index (χ2n) is 10.7. The van der Waals surface area contributed by atoms with Gasteiger partial charge < -0.3 is 4.57 Å². The number of alkyl halides is 3. The van der Waals surface area contributed by atoms with Crippen molar-refractivity contribution in [1.82, 2.24) is 4.57 Å². The summed E-state index contributed by atoms with van der Waals surface area (Å²) in [6.45, 7) is 4.20. The van der Waals surface area contributed by atoms with Crippen LogP contribution >= 0.6 is 0 Å². The number of benzene rings is 5. The molecule has 1 aliphatic carbocycles. The molecule has 0 spiro atoms. The minimum absolute atomic E-state index is 0.170. The number of fused-ring (bicyclic) bond motifs is 6. The van der Waals surface area contributed by atoms with Gasteiger partial charge in [0.15, 0.2) is 0 Å². The van der Waals surface area contributed by atoms with E-state index in [0.29, 0.717) is 11.0 Å². The zero-order valence-corrected chi connectivity index (χ0v) is 21.6. The Morgan fingerprint density at radius 3 is 2.00 bits per heavy atom. The number of hydrogen-bond acceptors (Lipinski definition) is 0. The molecule has 0 saturated carbocycles. The van der Waals surface area contributed by atoms with Gasteiger partial charge in [0, 0.05) is 21.8 Å². The Morgan fingerprint density at radius 1 is 0.600 bits per heavy atom. The van der Waals surface area contributed by atoms with Crippen LogP contribution in [0.25, 0.3) is 49.7 Å². The van der Waals surface area contributed by atoms with Gasteiger partial charge >= 0.3 is 6.18 Å². The van der Waals surface area contributed by atoms with Gasteiger partial charge in [-0.15, -0.1) is 0 Å². The Kier molecular flexibility index (Phi) is 5.09. The molecule has 0 fully saturated rings. The fourth-order valence-corrected chi connectivity index (χ4v) is 6.37. The highest BCUT2D eigenvalue weighted by Crippen LogP contribution is 2.52. The SMILES string of the molecule is CC1(C)c2ccccc2-c2cc3c4ccccc4n(-c4c(-c5c(F)cccc5F)cccc4C(F)(F)F)c3cc21. The van der Waals surface area contributed by atoms with Crippen LogP contribution in [-0.2, 0) is 11.6 Å². The van der Waals surface area contributed by atoms with E-state index in [-0.39, 0.29) is 11.3 Å². The largest absolute Gasteiger partial charge is 0.418 e. The minimum atomic E-state index is -4.78. The number of hydrogen-bond donors (Lipinski definition) is 0. The van der Waals surface area contributed by atoms with Gasteiger partial charge in [-0.1, -0.05) is 74.5 Å². The van der Waals surface area contributed by atoms with Crippen LogP contribution in [0.2, 0.25) is 0 Å². The molecular formula is C34H22F5N. The van der Waals surface area contributed by atoms with E-state index >= 15 is 8.78 Å². The van der Waals surface area contributed by atoms with Gasteiger partial charge in [0.1, 0.15) is 11.6 Å². The number of rotatable bonds is 2. The lowest BCUT2D eigenvalue weighted by Gasteiger charge is -2.23. The summed E-state index contributed by atoms with van der Waals surface area (Å²) in [5.74, 6) is -1.86. The number of halogens is 5. The first-order valence-electron chi connectivity index (χ1n) is 12.9. The monoisotopic (exact) mass is 539 g/mol. The Bertz CT molecular complexity index is 1970. The molecule has 6 aromatic rings. The van der Waals surface area contributed by atoms with E-state index in [1.54, 1.807) is 12.1 Å². The molecule has 1 aliphatic rings. The van der Waals surface area contributed by atoms with Crippen molar-refractivity contribution in [2.75, 3.05) is 0 Å². The first-order chi connectivity index (χ1) is 19.1. The topological polar surface area (TPSA) is 4.93 Å². The van der Waals surface area contributed by atoms with Crippen molar-refractivity contribution in [3.8, 4) is 27.9 Å². The highest BCUT2D eigenvalue weighted by molar-refractivity contribution is 6.12. The van der Waals surface area contributed by atoms with Crippen molar-refractivity contribution in [1.29, 1.82) is 0 Å². The van der Waals surface area contributed by atoms with E-state index in [1.807, 2.05) is 36.4 Å². The predicted octanol–water partition coefficient (Wildman–Crippen LogP) is 10.1. The fourth-order valence-electron chi connectivity index (χ4n) is 6.37. The third-order valence-electron chi connectivity index (χ3n) is 8.17. The molecule has 0 N–H and O–H groups in total. The minimum Gasteiger partial charge on any atom is -0.308 e. The average molecular weight is 540 g/mol. The zero-order chi connectivity index (χ0) is 28.0. The standard InChI is InChI=1S/C34H22F5N/c1-33(2)24-12-5-3-9-19(24)22-17-23-20-10-4-6-16-29(20)40(30(23)18-26(22)33)32-21(11-7-13-25(32)34(37,38)39)31-27(35)14-8-15-28(31)36/h3-18H,1-2H3. The van der Waals surface area contributed by atoms with Gasteiger partial charge in [0.25, 0.3) is 0 Å². The van der Waals surface area contributed by atoms with Gasteiger partial charge in [-0.05, 0) is 58.7 Å². The molecule has 5 aromatic carbocycles. The maximum absolute atomic E-state index is 15.1. The lowest BCUT2D eigenvalue weighted by molar-refractivity contribution is -0.137. The third-order valence-corrected chi connectivity index (χ3v) is 8.17. The Hall–Kier alpha value is -4.45. The second-order valence-corrected chi connectivity index (χ2v) is 10.7. The maximum Gasteiger partial charge on any atom is 0.418 e. The van der Waals surface area contributed by atoms with E-state index in [4.69, 9.17) is 0 Å². The summed E-state index contributed by atoms with van der Waals surface area (Å²) in [7, 11) is 0. The summed E-state index contributed by atoms with van der Waals surface area (Å²) < 4.78 is 75.7. The highest BCUT2D eigenvalue weighted by Gasteiger charge is 2.39. The average Bonchev–Trinajstić information content (AvgIpc) is 3.36. The number of nitrogens with zero attached hydrogens (tertiary/aromatic N) is 1. The van der Waals surface area contributed by atoms with Gasteiger partial charge in [0.2, 0.25) is 0 Å². The lowest BCUT2D eigenvalue weighted by atomic mass is 9.82. The molecule has 7 rings (SSSR count). The molecule has 1 heterocycles. The maximum atomic E-state index is 15.1. The summed E-state index contributed by atoms with van der Waals surface area (Å²) in [6, 6.07) is 26.1. The molecular weight excluding hydrogens is 517 g/mol. The zero-order valence-electron chi connectivity index (χ0n) is 21.6. The van der Waals surface area contributed by atoms with Crippen LogP contribution in [0.1, 0.15) is 30.5 Å². The molecule has 0 atom stereocenters. The molecule has 0 unspecified atom stereocenters. The van der Waals surface area contributed by atoms with E-state index in [9.17, 15) is 13.2 Å². The van der Waals surface area contributed by atoms with E-state index in [0.717, 1.165) is 51.2 Å². The van der Waals surface area contributed by atoms with Crippen LogP contribution in [0, 0.1) is 11.6 Å². The summed E-state index contributed by atoms with van der Waals surface area (Å²) in [6.07, 6.45) is -4.78. The van der Waals surface area contributed by atoms with Crippen molar-refractivity contribution in [3.05, 3.63) is 125 Å². The fraction of sp³-hybridized carbons (Fsp3) is 0.118. The molecule has 40 heavy (non-hydrogen) atoms. The van der Waals surface area contributed by atoms with Crippen LogP contribution in [-0.4, -0.2) is 4.57 Å². The normalized spacial score (nSPS) is 14.1. The molecule has 198 valence electrons. The summed E-state index contributed by atoms with van der Waals surface area (Å²) in [4.78, 5) is 0. The molecule has 1 aromatic heterocycles. The van der Waals surface area contributed by atoms with Gasteiger partial charge in [0.05, 0.1) is 27.8 Å². The molecule has 0 amide bonds. The van der Waals surface area contributed by atoms with Crippen LogP contribution < -0.4 is 0 Å². The van der Waals surface area contributed by atoms with Crippen LogP contribution in [0.3, 0.4) is 0 Å². The Morgan fingerprint density at radius 2 is 1.25 bits per heavy atom.